The summed E-state index contributed by atoms with van der Waals surface area (Å²) in [5.41, 5.74) is 4.90. The summed E-state index contributed by atoms with van der Waals surface area (Å²) in [7, 11) is 1.56. The number of hydrazone groups is 1. The number of methoxy groups -OCH3 is 1. The van der Waals surface area contributed by atoms with Gasteiger partial charge in [-0.1, -0.05) is 35.3 Å². The molecule has 142 valence electrons. The summed E-state index contributed by atoms with van der Waals surface area (Å²) >= 11 is 12.0. The van der Waals surface area contributed by atoms with Crippen molar-refractivity contribution in [3.05, 3.63) is 69.7 Å². The van der Waals surface area contributed by atoms with Gasteiger partial charge in [0.25, 0.3) is 0 Å². The van der Waals surface area contributed by atoms with E-state index in [1.54, 1.807) is 37.6 Å². The van der Waals surface area contributed by atoms with Crippen LogP contribution in [0, 0.1) is 0 Å². The van der Waals surface area contributed by atoms with Gasteiger partial charge in [0.2, 0.25) is 5.91 Å². The average Bonchev–Trinajstić information content (AvgIpc) is 2.63. The third-order valence-corrected chi connectivity index (χ3v) is 4.28. The number of halogens is 2. The molecule has 0 radical (unpaired) electrons. The molecule has 0 saturated heterocycles. The number of amides is 1. The van der Waals surface area contributed by atoms with Crippen LogP contribution in [0.1, 0.15) is 23.6 Å². The van der Waals surface area contributed by atoms with Crippen LogP contribution in [-0.2, 0) is 17.8 Å². The molecule has 0 unspecified atom stereocenters. The van der Waals surface area contributed by atoms with Gasteiger partial charge in [0.15, 0.2) is 11.5 Å². The predicted molar refractivity (Wildman–Crippen MR) is 109 cm³/mol. The molecule has 5 nitrogen and oxygen atoms in total. The molecule has 0 aliphatic rings. The van der Waals surface area contributed by atoms with Gasteiger partial charge >= 0.3 is 0 Å². The van der Waals surface area contributed by atoms with Crippen LogP contribution in [-0.4, -0.2) is 19.2 Å². The van der Waals surface area contributed by atoms with Crippen LogP contribution in [0.25, 0.3) is 0 Å². The first-order chi connectivity index (χ1) is 12.9. The lowest BCUT2D eigenvalue weighted by Crippen LogP contribution is -2.12. The summed E-state index contributed by atoms with van der Waals surface area (Å²) in [6, 6.07) is 9.02. The molecule has 2 rings (SSSR count). The summed E-state index contributed by atoms with van der Waals surface area (Å²) < 4.78 is 11.5. The zero-order valence-corrected chi connectivity index (χ0v) is 16.6. The quantitative estimate of drug-likeness (QED) is 0.389. The maximum Gasteiger partial charge on any atom is 0.236 e. The zero-order valence-electron chi connectivity index (χ0n) is 15.1. The topological polar surface area (TPSA) is 59.9 Å². The second-order valence-electron chi connectivity index (χ2n) is 5.67. The third-order valence-electron chi connectivity index (χ3n) is 3.54. The first-order valence-corrected chi connectivity index (χ1v) is 8.88. The molecule has 0 bridgehead atoms. The van der Waals surface area contributed by atoms with Crippen LogP contribution >= 0.6 is 23.2 Å². The Kier molecular flexibility index (Phi) is 7.70. The van der Waals surface area contributed by atoms with E-state index in [2.05, 4.69) is 17.1 Å². The van der Waals surface area contributed by atoms with Gasteiger partial charge in [0.1, 0.15) is 6.61 Å². The molecule has 0 saturated carbocycles. The Morgan fingerprint density at radius 3 is 2.67 bits per heavy atom. The van der Waals surface area contributed by atoms with Crippen molar-refractivity contribution in [1.29, 1.82) is 0 Å². The number of ether oxygens (including phenoxy) is 2. The number of allylic oxidation sites excluding steroid dienone is 1. The molecular formula is C20H20Cl2N2O3. The van der Waals surface area contributed by atoms with E-state index < -0.39 is 0 Å². The molecule has 0 aliphatic carbocycles. The van der Waals surface area contributed by atoms with E-state index in [4.69, 9.17) is 32.7 Å². The number of hydrogen-bond acceptors (Lipinski definition) is 4. The molecule has 0 aromatic heterocycles. The molecule has 0 atom stereocenters. The van der Waals surface area contributed by atoms with Crippen molar-refractivity contribution in [3.8, 4) is 11.5 Å². The molecule has 2 aromatic carbocycles. The van der Waals surface area contributed by atoms with Gasteiger partial charge in [0.05, 0.1) is 23.4 Å². The van der Waals surface area contributed by atoms with Crippen molar-refractivity contribution in [2.24, 2.45) is 5.10 Å². The molecule has 0 fully saturated rings. The fourth-order valence-electron chi connectivity index (χ4n) is 2.36. The highest BCUT2D eigenvalue weighted by Gasteiger charge is 2.13. The number of rotatable bonds is 8. The predicted octanol–water partition coefficient (Wildman–Crippen LogP) is 4.78. The normalized spacial score (nSPS) is 10.7. The molecular weight excluding hydrogens is 387 g/mol. The van der Waals surface area contributed by atoms with Gasteiger partial charge in [0, 0.05) is 12.5 Å². The number of nitrogens with zero attached hydrogens (tertiary/aromatic N) is 1. The number of nitrogens with one attached hydrogen (secondary N) is 1. The van der Waals surface area contributed by atoms with Crippen LogP contribution in [0.5, 0.6) is 11.5 Å². The van der Waals surface area contributed by atoms with E-state index in [-0.39, 0.29) is 5.91 Å². The Hall–Kier alpha value is -2.50. The SMILES string of the molecule is C=CCc1cc(/C=N\NC(C)=O)cc(OC)c1OCc1ccc(Cl)c(Cl)c1. The first-order valence-electron chi connectivity index (χ1n) is 8.12. The molecule has 0 heterocycles. The molecule has 1 amide bonds. The van der Waals surface area contributed by atoms with E-state index in [0.29, 0.717) is 34.6 Å². The van der Waals surface area contributed by atoms with Crippen LogP contribution in [0.15, 0.2) is 48.1 Å². The van der Waals surface area contributed by atoms with Crippen molar-refractivity contribution in [1.82, 2.24) is 5.43 Å². The Balaban J connectivity index is 2.29. The van der Waals surface area contributed by atoms with E-state index in [9.17, 15) is 4.79 Å². The van der Waals surface area contributed by atoms with Gasteiger partial charge in [-0.2, -0.15) is 5.10 Å². The average molecular weight is 407 g/mol. The van der Waals surface area contributed by atoms with Gasteiger partial charge in [-0.15, -0.1) is 6.58 Å². The molecule has 1 N–H and O–H groups in total. The van der Waals surface area contributed by atoms with E-state index in [1.807, 2.05) is 12.1 Å². The van der Waals surface area contributed by atoms with E-state index in [1.165, 1.54) is 6.92 Å². The van der Waals surface area contributed by atoms with Crippen LogP contribution in [0.4, 0.5) is 0 Å². The summed E-state index contributed by atoms with van der Waals surface area (Å²) in [4.78, 5) is 10.9. The number of carbonyl (C=O) groups excluding carboxylic acids is 1. The van der Waals surface area contributed by atoms with E-state index >= 15 is 0 Å². The second kappa shape index (κ2) is 10.00. The lowest BCUT2D eigenvalue weighted by atomic mass is 10.1. The fourth-order valence-corrected chi connectivity index (χ4v) is 2.68. The van der Waals surface area contributed by atoms with Crippen molar-refractivity contribution in [3.63, 3.8) is 0 Å². The monoisotopic (exact) mass is 406 g/mol. The highest BCUT2D eigenvalue weighted by Crippen LogP contribution is 2.34. The first kappa shape index (κ1) is 20.8. The second-order valence-corrected chi connectivity index (χ2v) is 6.48. The molecule has 27 heavy (non-hydrogen) atoms. The minimum Gasteiger partial charge on any atom is -0.493 e. The maximum atomic E-state index is 10.9. The Bertz CT molecular complexity index is 867. The highest BCUT2D eigenvalue weighted by atomic mass is 35.5. The minimum atomic E-state index is -0.244. The molecule has 0 spiro atoms. The molecule has 2 aromatic rings. The van der Waals surface area contributed by atoms with Crippen LogP contribution in [0.3, 0.4) is 0 Å². The zero-order chi connectivity index (χ0) is 19.8. The van der Waals surface area contributed by atoms with Crippen molar-refractivity contribution in [2.45, 2.75) is 20.0 Å². The third kappa shape index (κ3) is 6.01. The smallest absolute Gasteiger partial charge is 0.236 e. The summed E-state index contributed by atoms with van der Waals surface area (Å²) in [6.45, 7) is 5.48. The minimum absolute atomic E-state index is 0.244. The Labute approximate surface area is 168 Å². The summed E-state index contributed by atoms with van der Waals surface area (Å²) in [5, 5.41) is 4.85. The van der Waals surface area contributed by atoms with Gasteiger partial charge in [-0.3, -0.25) is 4.79 Å². The summed E-state index contributed by atoms with van der Waals surface area (Å²) in [6.07, 6.45) is 3.89. The number of benzene rings is 2. The van der Waals surface area contributed by atoms with Crippen LogP contribution in [0.2, 0.25) is 10.0 Å². The van der Waals surface area contributed by atoms with E-state index in [0.717, 1.165) is 16.7 Å². The lowest BCUT2D eigenvalue weighted by molar-refractivity contribution is -0.118. The summed E-state index contributed by atoms with van der Waals surface area (Å²) in [5.74, 6) is 0.921. The van der Waals surface area contributed by atoms with Gasteiger partial charge in [-0.05, 0) is 41.8 Å². The molecule has 0 aliphatic heterocycles. The van der Waals surface area contributed by atoms with Gasteiger partial charge in [-0.25, -0.2) is 5.43 Å². The van der Waals surface area contributed by atoms with Crippen molar-refractivity contribution < 1.29 is 14.3 Å². The Morgan fingerprint density at radius 1 is 1.26 bits per heavy atom. The number of carbonyl (C=O) groups is 1. The largest absolute Gasteiger partial charge is 0.493 e. The highest BCUT2D eigenvalue weighted by molar-refractivity contribution is 6.42. The van der Waals surface area contributed by atoms with Crippen molar-refractivity contribution >= 4 is 35.3 Å². The number of hydrogen-bond donors (Lipinski definition) is 1. The van der Waals surface area contributed by atoms with Crippen molar-refractivity contribution in [2.75, 3.05) is 7.11 Å². The lowest BCUT2D eigenvalue weighted by Gasteiger charge is -2.16. The maximum absolute atomic E-state index is 10.9. The standard InChI is InChI=1S/C20H20Cl2N2O3/c1-4-5-16-8-15(11-23-24-13(2)25)10-19(26-3)20(16)27-12-14-6-7-17(21)18(22)9-14/h4,6-11H,1,5,12H2,2-3H3,(H,24,25)/b23-11-. The fraction of sp³-hybridized carbons (Fsp3) is 0.200. The molecule has 7 heteroatoms. The van der Waals surface area contributed by atoms with Gasteiger partial charge < -0.3 is 9.47 Å². The Morgan fingerprint density at radius 2 is 2.04 bits per heavy atom. The van der Waals surface area contributed by atoms with Crippen LogP contribution < -0.4 is 14.9 Å².